The number of benzene rings is 2. The summed E-state index contributed by atoms with van der Waals surface area (Å²) in [6.45, 7) is 1.83. The third-order valence-corrected chi connectivity index (χ3v) is 3.37. The summed E-state index contributed by atoms with van der Waals surface area (Å²) >= 11 is 0. The Kier molecular flexibility index (Phi) is 3.01. The van der Waals surface area contributed by atoms with Crippen LogP contribution in [0.3, 0.4) is 0 Å². The van der Waals surface area contributed by atoms with Crippen molar-refractivity contribution in [2.75, 3.05) is 12.8 Å². The molecule has 0 saturated heterocycles. The van der Waals surface area contributed by atoms with Crippen LogP contribution in [0.25, 0.3) is 16.7 Å². The van der Waals surface area contributed by atoms with Crippen molar-refractivity contribution in [3.8, 4) is 11.4 Å². The largest absolute Gasteiger partial charge is 0.494 e. The predicted octanol–water partition coefficient (Wildman–Crippen LogP) is 3.20. The molecule has 0 atom stereocenters. The van der Waals surface area contributed by atoms with Crippen molar-refractivity contribution in [1.82, 2.24) is 9.55 Å². The zero-order valence-corrected chi connectivity index (χ0v) is 11.5. The van der Waals surface area contributed by atoms with Crippen LogP contribution in [0.2, 0.25) is 0 Å². The van der Waals surface area contributed by atoms with E-state index in [-0.39, 0.29) is 17.5 Å². The Morgan fingerprint density at radius 1 is 1.19 bits per heavy atom. The van der Waals surface area contributed by atoms with E-state index in [0.29, 0.717) is 16.7 Å². The minimum atomic E-state index is -0.523. The number of nitrogen functional groups attached to an aromatic ring is 1. The molecular weight excluding hydrogens is 276 g/mol. The van der Waals surface area contributed by atoms with Gasteiger partial charge in [0.15, 0.2) is 11.6 Å². The van der Waals surface area contributed by atoms with Gasteiger partial charge in [0.25, 0.3) is 0 Å². The number of nitrogens with zero attached hydrogens (tertiary/aromatic N) is 2. The van der Waals surface area contributed by atoms with Gasteiger partial charge in [-0.1, -0.05) is 6.07 Å². The van der Waals surface area contributed by atoms with E-state index >= 15 is 0 Å². The van der Waals surface area contributed by atoms with Crippen LogP contribution in [0.4, 0.5) is 14.7 Å². The molecule has 0 bridgehead atoms. The molecule has 0 saturated carbocycles. The zero-order chi connectivity index (χ0) is 15.1. The normalized spacial score (nSPS) is 11.0. The highest BCUT2D eigenvalue weighted by molar-refractivity contribution is 5.82. The lowest BCUT2D eigenvalue weighted by atomic mass is 10.2. The lowest BCUT2D eigenvalue weighted by Crippen LogP contribution is -2.03. The third kappa shape index (κ3) is 2.08. The van der Waals surface area contributed by atoms with Crippen LogP contribution in [0.15, 0.2) is 30.3 Å². The number of aryl methyl sites for hydroxylation is 1. The fraction of sp³-hybridized carbons (Fsp3) is 0.133. The second-order valence-corrected chi connectivity index (χ2v) is 4.71. The zero-order valence-electron chi connectivity index (χ0n) is 11.5. The molecule has 0 amide bonds. The highest BCUT2D eigenvalue weighted by atomic mass is 19.1. The number of hydrogen-bond acceptors (Lipinski definition) is 3. The van der Waals surface area contributed by atoms with Gasteiger partial charge in [-0.25, -0.2) is 13.8 Å². The molecule has 0 spiro atoms. The molecule has 1 aromatic heterocycles. The van der Waals surface area contributed by atoms with Gasteiger partial charge < -0.3 is 10.5 Å². The van der Waals surface area contributed by atoms with E-state index in [9.17, 15) is 8.78 Å². The molecular formula is C15H13F2N3O. The topological polar surface area (TPSA) is 53.1 Å². The van der Waals surface area contributed by atoms with Gasteiger partial charge in [0.05, 0.1) is 23.8 Å². The number of imidazole rings is 1. The molecule has 0 fully saturated rings. The molecule has 108 valence electrons. The fourth-order valence-electron chi connectivity index (χ4n) is 2.33. The molecule has 1 heterocycles. The van der Waals surface area contributed by atoms with Crippen molar-refractivity contribution in [2.45, 2.75) is 6.92 Å². The van der Waals surface area contributed by atoms with Crippen LogP contribution in [0.5, 0.6) is 5.75 Å². The minimum Gasteiger partial charge on any atom is -0.494 e. The van der Waals surface area contributed by atoms with E-state index in [2.05, 4.69) is 4.98 Å². The molecule has 6 heteroatoms. The Labute approximate surface area is 119 Å². The first kappa shape index (κ1) is 13.4. The van der Waals surface area contributed by atoms with E-state index < -0.39 is 5.82 Å². The van der Waals surface area contributed by atoms with Crippen LogP contribution in [0, 0.1) is 18.6 Å². The lowest BCUT2D eigenvalue weighted by molar-refractivity contribution is 0.387. The molecule has 0 aliphatic heterocycles. The van der Waals surface area contributed by atoms with Gasteiger partial charge in [-0.05, 0) is 24.6 Å². The average Bonchev–Trinajstić information content (AvgIpc) is 2.75. The van der Waals surface area contributed by atoms with Crippen LogP contribution in [0.1, 0.15) is 5.56 Å². The third-order valence-electron chi connectivity index (χ3n) is 3.37. The molecule has 2 aromatic carbocycles. The molecule has 0 radical (unpaired) electrons. The second kappa shape index (κ2) is 4.73. The monoisotopic (exact) mass is 289 g/mol. The Balaban J connectivity index is 2.36. The summed E-state index contributed by atoms with van der Waals surface area (Å²) < 4.78 is 33.8. The van der Waals surface area contributed by atoms with Crippen molar-refractivity contribution in [2.24, 2.45) is 0 Å². The predicted molar refractivity (Wildman–Crippen MR) is 76.7 cm³/mol. The quantitative estimate of drug-likeness (QED) is 0.788. The number of aromatic nitrogens is 2. The molecule has 3 aromatic rings. The molecule has 0 aliphatic rings. The maximum Gasteiger partial charge on any atom is 0.205 e. The van der Waals surface area contributed by atoms with E-state index in [1.165, 1.54) is 31.4 Å². The van der Waals surface area contributed by atoms with Crippen molar-refractivity contribution < 1.29 is 13.5 Å². The fourth-order valence-corrected chi connectivity index (χ4v) is 2.33. The lowest BCUT2D eigenvalue weighted by Gasteiger charge is -2.11. The number of fused-ring (bicyclic) bond motifs is 1. The summed E-state index contributed by atoms with van der Waals surface area (Å²) in [4.78, 5) is 4.12. The number of ether oxygens (including phenoxy) is 1. The van der Waals surface area contributed by atoms with E-state index in [4.69, 9.17) is 10.5 Å². The van der Waals surface area contributed by atoms with Crippen molar-refractivity contribution in [3.05, 3.63) is 47.5 Å². The number of anilines is 1. The number of hydrogen-bond donors (Lipinski definition) is 1. The molecule has 3 rings (SSSR count). The Morgan fingerprint density at radius 2 is 1.95 bits per heavy atom. The van der Waals surface area contributed by atoms with Gasteiger partial charge in [0.2, 0.25) is 5.95 Å². The molecule has 4 nitrogen and oxygen atoms in total. The van der Waals surface area contributed by atoms with Gasteiger partial charge in [0, 0.05) is 12.1 Å². The standard InChI is InChI=1S/C15H13F2N3O/c1-8-3-4-9(16)5-12(8)20-13-7-14(21-2)10(17)6-11(13)19-15(20)18/h3-7H,1-2H3,(H2,18,19). The first-order valence-electron chi connectivity index (χ1n) is 6.29. The van der Waals surface area contributed by atoms with Gasteiger partial charge in [-0.3, -0.25) is 4.57 Å². The van der Waals surface area contributed by atoms with Crippen LogP contribution in [-0.4, -0.2) is 16.7 Å². The smallest absolute Gasteiger partial charge is 0.205 e. The highest BCUT2D eigenvalue weighted by Crippen LogP contribution is 2.30. The summed E-state index contributed by atoms with van der Waals surface area (Å²) in [5, 5.41) is 0. The second-order valence-electron chi connectivity index (χ2n) is 4.71. The van der Waals surface area contributed by atoms with Crippen LogP contribution < -0.4 is 10.5 Å². The van der Waals surface area contributed by atoms with Gasteiger partial charge in [-0.2, -0.15) is 0 Å². The average molecular weight is 289 g/mol. The van der Waals surface area contributed by atoms with Crippen LogP contribution in [-0.2, 0) is 0 Å². The first-order chi connectivity index (χ1) is 10.0. The van der Waals surface area contributed by atoms with Gasteiger partial charge >= 0.3 is 0 Å². The Morgan fingerprint density at radius 3 is 2.67 bits per heavy atom. The minimum absolute atomic E-state index is 0.0812. The number of halogens is 2. The Bertz CT molecular complexity index is 843. The summed E-state index contributed by atoms with van der Waals surface area (Å²) in [6.07, 6.45) is 0. The maximum absolute atomic E-state index is 13.7. The number of methoxy groups -OCH3 is 1. The van der Waals surface area contributed by atoms with Crippen molar-refractivity contribution >= 4 is 17.0 Å². The first-order valence-corrected chi connectivity index (χ1v) is 6.29. The molecule has 0 aliphatic carbocycles. The van der Waals surface area contributed by atoms with Crippen LogP contribution >= 0.6 is 0 Å². The maximum atomic E-state index is 13.7. The molecule has 2 N–H and O–H groups in total. The van der Waals surface area contributed by atoms with E-state index in [0.717, 1.165) is 5.56 Å². The van der Waals surface area contributed by atoms with Crippen molar-refractivity contribution in [3.63, 3.8) is 0 Å². The number of rotatable bonds is 2. The summed E-state index contributed by atoms with van der Waals surface area (Å²) in [7, 11) is 1.38. The SMILES string of the molecule is COc1cc2c(cc1F)nc(N)n2-c1cc(F)ccc1C. The van der Waals surface area contributed by atoms with E-state index in [1.54, 1.807) is 10.6 Å². The highest BCUT2D eigenvalue weighted by Gasteiger charge is 2.16. The molecule has 0 unspecified atom stereocenters. The number of nitrogens with two attached hydrogens (primary N) is 1. The molecule has 21 heavy (non-hydrogen) atoms. The summed E-state index contributed by atoms with van der Waals surface area (Å²) in [5.74, 6) is -0.666. The van der Waals surface area contributed by atoms with Gasteiger partial charge in [0.1, 0.15) is 5.82 Å². The summed E-state index contributed by atoms with van der Waals surface area (Å²) in [6, 6.07) is 7.13. The van der Waals surface area contributed by atoms with Gasteiger partial charge in [-0.15, -0.1) is 0 Å². The van der Waals surface area contributed by atoms with E-state index in [1.807, 2.05) is 6.92 Å². The van der Waals surface area contributed by atoms with Crippen molar-refractivity contribution in [1.29, 1.82) is 0 Å². The summed E-state index contributed by atoms with van der Waals surface area (Å²) in [5.41, 5.74) is 8.23. The Hall–Kier alpha value is -2.63.